The molecule has 1 aromatic carbocycles. The average Bonchev–Trinajstić information content (AvgIpc) is 2.41. The normalized spacial score (nSPS) is 10.6. The van der Waals surface area contributed by atoms with Crippen molar-refractivity contribution < 1.29 is 9.18 Å². The third-order valence-corrected chi connectivity index (χ3v) is 2.94. The number of nitrogens with one attached hydrogen (secondary N) is 1. The predicted octanol–water partition coefficient (Wildman–Crippen LogP) is 3.64. The van der Waals surface area contributed by atoms with Gasteiger partial charge in [-0.3, -0.25) is 4.79 Å². The van der Waals surface area contributed by atoms with Crippen LogP contribution < -0.4 is 5.32 Å². The molecule has 0 aliphatic heterocycles. The Kier molecular flexibility index (Phi) is 4.41. The first-order chi connectivity index (χ1) is 9.15. The molecule has 1 N–H and O–H groups in total. The van der Waals surface area contributed by atoms with E-state index in [0.717, 1.165) is 5.56 Å². The van der Waals surface area contributed by atoms with Gasteiger partial charge in [0.25, 0.3) is 0 Å². The van der Waals surface area contributed by atoms with Crippen LogP contribution in [-0.2, 0) is 4.79 Å². The molecule has 0 spiro atoms. The number of pyridine rings is 1. The van der Waals surface area contributed by atoms with Crippen molar-refractivity contribution in [2.75, 3.05) is 5.32 Å². The van der Waals surface area contributed by atoms with Gasteiger partial charge in [-0.2, -0.15) is 0 Å². The Morgan fingerprint density at radius 2 is 2.00 bits per heavy atom. The van der Waals surface area contributed by atoms with Crippen molar-refractivity contribution in [2.24, 2.45) is 0 Å². The number of hydrogen-bond acceptors (Lipinski definition) is 2. The molecule has 1 aromatic heterocycles. The van der Waals surface area contributed by atoms with Gasteiger partial charge < -0.3 is 5.32 Å². The summed E-state index contributed by atoms with van der Waals surface area (Å²) < 4.78 is 13.4. The van der Waals surface area contributed by atoms with E-state index in [1.54, 1.807) is 36.5 Å². The van der Waals surface area contributed by atoms with E-state index in [4.69, 9.17) is 0 Å². The first kappa shape index (κ1) is 13.4. The average molecular weight is 321 g/mol. The molecular formula is C14H10BrFN2O. The molecule has 0 bridgehead atoms. The third kappa shape index (κ3) is 3.99. The number of halogens is 2. The van der Waals surface area contributed by atoms with Crippen LogP contribution in [0.1, 0.15) is 5.56 Å². The van der Waals surface area contributed by atoms with Gasteiger partial charge in [0.1, 0.15) is 11.6 Å². The lowest BCUT2D eigenvalue weighted by Crippen LogP contribution is -2.09. The molecule has 0 radical (unpaired) electrons. The van der Waals surface area contributed by atoms with Crippen LogP contribution in [-0.4, -0.2) is 10.9 Å². The van der Waals surface area contributed by atoms with E-state index in [-0.39, 0.29) is 11.7 Å². The van der Waals surface area contributed by atoms with Crippen molar-refractivity contribution in [3.8, 4) is 0 Å². The second-order valence-corrected chi connectivity index (χ2v) is 4.56. The van der Waals surface area contributed by atoms with Crippen molar-refractivity contribution in [2.45, 2.75) is 0 Å². The minimum Gasteiger partial charge on any atom is -0.306 e. The number of nitrogens with zero attached hydrogens (tertiary/aromatic N) is 1. The van der Waals surface area contributed by atoms with Crippen LogP contribution in [0.5, 0.6) is 0 Å². The Morgan fingerprint density at radius 1 is 1.26 bits per heavy atom. The van der Waals surface area contributed by atoms with Crippen LogP contribution in [0, 0.1) is 5.82 Å². The van der Waals surface area contributed by atoms with Gasteiger partial charge in [-0.25, -0.2) is 9.37 Å². The van der Waals surface area contributed by atoms with Crippen molar-refractivity contribution >= 4 is 33.7 Å². The number of carbonyl (C=O) groups excluding carboxylic acids is 1. The number of hydrogen-bond donors (Lipinski definition) is 1. The van der Waals surface area contributed by atoms with Gasteiger partial charge in [-0.1, -0.05) is 12.1 Å². The topological polar surface area (TPSA) is 42.0 Å². The maximum atomic E-state index is 12.7. The molecule has 3 nitrogen and oxygen atoms in total. The summed E-state index contributed by atoms with van der Waals surface area (Å²) in [6.45, 7) is 0. The maximum Gasteiger partial charge on any atom is 0.249 e. The summed E-state index contributed by atoms with van der Waals surface area (Å²) in [7, 11) is 0. The van der Waals surface area contributed by atoms with E-state index in [1.807, 2.05) is 0 Å². The molecule has 96 valence electrons. The van der Waals surface area contributed by atoms with Crippen molar-refractivity contribution in [1.82, 2.24) is 4.98 Å². The summed E-state index contributed by atoms with van der Waals surface area (Å²) in [5, 5.41) is 2.63. The Balaban J connectivity index is 2.02. The van der Waals surface area contributed by atoms with Crippen LogP contribution >= 0.6 is 15.9 Å². The lowest BCUT2D eigenvalue weighted by Gasteiger charge is -2.02. The lowest BCUT2D eigenvalue weighted by atomic mass is 10.2. The molecule has 0 aliphatic carbocycles. The van der Waals surface area contributed by atoms with E-state index in [1.165, 1.54) is 18.2 Å². The van der Waals surface area contributed by atoms with E-state index in [0.29, 0.717) is 10.3 Å². The highest BCUT2D eigenvalue weighted by molar-refractivity contribution is 9.10. The summed E-state index contributed by atoms with van der Waals surface area (Å²) >= 11 is 3.29. The van der Waals surface area contributed by atoms with Crippen LogP contribution in [0.15, 0.2) is 53.1 Å². The first-order valence-corrected chi connectivity index (χ1v) is 6.29. The zero-order chi connectivity index (χ0) is 13.7. The number of carbonyl (C=O) groups is 1. The number of benzene rings is 1. The molecule has 1 heterocycles. The minimum atomic E-state index is -0.306. The Morgan fingerprint density at radius 3 is 2.68 bits per heavy atom. The highest BCUT2D eigenvalue weighted by Crippen LogP contribution is 2.18. The van der Waals surface area contributed by atoms with Crippen molar-refractivity contribution in [3.63, 3.8) is 0 Å². The monoisotopic (exact) mass is 320 g/mol. The van der Waals surface area contributed by atoms with E-state index in [9.17, 15) is 9.18 Å². The van der Waals surface area contributed by atoms with E-state index < -0.39 is 0 Å². The lowest BCUT2D eigenvalue weighted by molar-refractivity contribution is -0.111. The molecule has 0 unspecified atom stereocenters. The number of anilines is 1. The van der Waals surface area contributed by atoms with Crippen molar-refractivity contribution in [3.05, 3.63) is 64.5 Å². The van der Waals surface area contributed by atoms with Crippen LogP contribution in [0.2, 0.25) is 0 Å². The summed E-state index contributed by atoms with van der Waals surface area (Å²) in [5.41, 5.74) is 0.747. The molecule has 19 heavy (non-hydrogen) atoms. The van der Waals surface area contributed by atoms with Gasteiger partial charge in [0.05, 0.1) is 4.47 Å². The molecule has 0 saturated carbocycles. The third-order valence-electron chi connectivity index (χ3n) is 2.30. The van der Waals surface area contributed by atoms with E-state index >= 15 is 0 Å². The molecule has 0 aliphatic rings. The highest BCUT2D eigenvalue weighted by Gasteiger charge is 2.02. The predicted molar refractivity (Wildman–Crippen MR) is 76.0 cm³/mol. The fraction of sp³-hybridized carbons (Fsp3) is 0. The quantitative estimate of drug-likeness (QED) is 0.877. The number of rotatable bonds is 3. The molecular weight excluding hydrogens is 311 g/mol. The SMILES string of the molecule is O=C(C=Cc1ccc(F)cc1)Nc1ncccc1Br. The maximum absolute atomic E-state index is 12.7. The van der Waals surface area contributed by atoms with Gasteiger partial charge in [0.2, 0.25) is 5.91 Å². The van der Waals surface area contributed by atoms with Gasteiger partial charge in [0.15, 0.2) is 0 Å². The van der Waals surface area contributed by atoms with E-state index in [2.05, 4.69) is 26.2 Å². The van der Waals surface area contributed by atoms with Crippen LogP contribution in [0.4, 0.5) is 10.2 Å². The van der Waals surface area contributed by atoms with Gasteiger partial charge >= 0.3 is 0 Å². The van der Waals surface area contributed by atoms with Gasteiger partial charge in [-0.15, -0.1) is 0 Å². The second kappa shape index (κ2) is 6.24. The molecule has 0 atom stereocenters. The zero-order valence-corrected chi connectivity index (χ0v) is 11.4. The van der Waals surface area contributed by atoms with Crippen molar-refractivity contribution in [1.29, 1.82) is 0 Å². The summed E-state index contributed by atoms with van der Waals surface area (Å²) in [6.07, 6.45) is 4.56. The van der Waals surface area contributed by atoms with Crippen LogP contribution in [0.3, 0.4) is 0 Å². The molecule has 0 saturated heterocycles. The fourth-order valence-corrected chi connectivity index (χ4v) is 1.74. The summed E-state index contributed by atoms with van der Waals surface area (Å²) in [6, 6.07) is 9.41. The Labute approximate surface area is 118 Å². The number of aromatic nitrogens is 1. The Bertz CT molecular complexity index is 611. The molecule has 2 rings (SSSR count). The number of amides is 1. The molecule has 5 heteroatoms. The van der Waals surface area contributed by atoms with Crippen LogP contribution in [0.25, 0.3) is 6.08 Å². The smallest absolute Gasteiger partial charge is 0.249 e. The highest BCUT2D eigenvalue weighted by atomic mass is 79.9. The molecule has 1 amide bonds. The summed E-state index contributed by atoms with van der Waals surface area (Å²) in [5.74, 6) is -0.154. The fourth-order valence-electron chi connectivity index (χ4n) is 1.38. The van der Waals surface area contributed by atoms with Gasteiger partial charge in [-0.05, 0) is 51.8 Å². The largest absolute Gasteiger partial charge is 0.306 e. The molecule has 0 fully saturated rings. The molecule has 2 aromatic rings. The standard InChI is InChI=1S/C14H10BrFN2O/c15-12-2-1-9-17-14(12)18-13(19)8-5-10-3-6-11(16)7-4-10/h1-9H,(H,17,18,19). The summed E-state index contributed by atoms with van der Waals surface area (Å²) in [4.78, 5) is 15.7. The Hall–Kier alpha value is -2.01. The second-order valence-electron chi connectivity index (χ2n) is 3.71. The minimum absolute atomic E-state index is 0.302. The van der Waals surface area contributed by atoms with Gasteiger partial charge in [0, 0.05) is 12.3 Å². The first-order valence-electron chi connectivity index (χ1n) is 5.50. The zero-order valence-electron chi connectivity index (χ0n) is 9.81.